The SMILES string of the molecule is C1CNCCN1.CCCCCCCC. The van der Waals surface area contributed by atoms with E-state index in [0.717, 1.165) is 26.2 Å². The normalized spacial score (nSPS) is 15.9. The summed E-state index contributed by atoms with van der Waals surface area (Å²) < 4.78 is 0. The summed E-state index contributed by atoms with van der Waals surface area (Å²) in [7, 11) is 0. The summed E-state index contributed by atoms with van der Waals surface area (Å²) in [5.41, 5.74) is 0. The molecule has 0 amide bonds. The molecule has 1 aliphatic rings. The van der Waals surface area contributed by atoms with Crippen molar-refractivity contribution in [3.63, 3.8) is 0 Å². The van der Waals surface area contributed by atoms with Crippen LogP contribution in [0.5, 0.6) is 0 Å². The third-order valence-corrected chi connectivity index (χ3v) is 2.41. The van der Waals surface area contributed by atoms with Crippen molar-refractivity contribution in [3.8, 4) is 0 Å². The lowest BCUT2D eigenvalue weighted by atomic mass is 10.1. The molecule has 0 aromatic heterocycles. The fraction of sp³-hybridized carbons (Fsp3) is 1.00. The number of hydrogen-bond acceptors (Lipinski definition) is 2. The molecular formula is C12H28N2. The number of nitrogens with one attached hydrogen (secondary N) is 2. The van der Waals surface area contributed by atoms with E-state index < -0.39 is 0 Å². The van der Waals surface area contributed by atoms with E-state index in [0.29, 0.717) is 0 Å². The molecule has 0 unspecified atom stereocenters. The van der Waals surface area contributed by atoms with Gasteiger partial charge in [0.1, 0.15) is 0 Å². The molecule has 1 fully saturated rings. The maximum absolute atomic E-state index is 3.22. The van der Waals surface area contributed by atoms with Crippen molar-refractivity contribution in [1.82, 2.24) is 10.6 Å². The lowest BCUT2D eigenvalue weighted by Crippen LogP contribution is -2.39. The highest BCUT2D eigenvalue weighted by Gasteiger charge is 1.91. The average molecular weight is 200 g/mol. The molecule has 0 radical (unpaired) electrons. The summed E-state index contributed by atoms with van der Waals surface area (Å²) in [6.07, 6.45) is 8.49. The van der Waals surface area contributed by atoms with Gasteiger partial charge in [0, 0.05) is 26.2 Å². The molecule has 1 heterocycles. The van der Waals surface area contributed by atoms with Crippen molar-refractivity contribution in [2.75, 3.05) is 26.2 Å². The molecule has 0 aromatic rings. The Morgan fingerprint density at radius 1 is 0.643 bits per heavy atom. The second kappa shape index (κ2) is 12.9. The maximum Gasteiger partial charge on any atom is 0.00772 e. The van der Waals surface area contributed by atoms with E-state index in [1.54, 1.807) is 0 Å². The van der Waals surface area contributed by atoms with E-state index in [4.69, 9.17) is 0 Å². The van der Waals surface area contributed by atoms with Gasteiger partial charge in [-0.1, -0.05) is 52.4 Å². The van der Waals surface area contributed by atoms with E-state index in [1.807, 2.05) is 0 Å². The zero-order chi connectivity index (χ0) is 10.5. The predicted molar refractivity (Wildman–Crippen MR) is 64.8 cm³/mol. The van der Waals surface area contributed by atoms with Gasteiger partial charge in [-0.25, -0.2) is 0 Å². The topological polar surface area (TPSA) is 24.1 Å². The molecule has 2 nitrogen and oxygen atoms in total. The molecule has 1 saturated heterocycles. The number of piperazine rings is 1. The van der Waals surface area contributed by atoms with E-state index in [1.165, 1.54) is 38.5 Å². The molecule has 2 N–H and O–H groups in total. The van der Waals surface area contributed by atoms with Crippen LogP contribution in [0.1, 0.15) is 52.4 Å². The highest BCUT2D eigenvalue weighted by Crippen LogP contribution is 2.03. The van der Waals surface area contributed by atoms with Gasteiger partial charge in [-0.05, 0) is 0 Å². The van der Waals surface area contributed by atoms with Crippen LogP contribution in [0.3, 0.4) is 0 Å². The summed E-state index contributed by atoms with van der Waals surface area (Å²) in [6, 6.07) is 0. The van der Waals surface area contributed by atoms with Crippen LogP contribution in [0.15, 0.2) is 0 Å². The molecule has 0 spiro atoms. The van der Waals surface area contributed by atoms with Gasteiger partial charge in [0.2, 0.25) is 0 Å². The summed E-state index contributed by atoms with van der Waals surface area (Å²) >= 11 is 0. The third kappa shape index (κ3) is 11.9. The molecule has 0 aromatic carbocycles. The Bertz CT molecular complexity index is 72.8. The molecule has 0 saturated carbocycles. The Balaban J connectivity index is 0.000000249. The fourth-order valence-electron chi connectivity index (χ4n) is 1.46. The van der Waals surface area contributed by atoms with Gasteiger partial charge in [0.05, 0.1) is 0 Å². The van der Waals surface area contributed by atoms with Gasteiger partial charge in [0.25, 0.3) is 0 Å². The highest BCUT2D eigenvalue weighted by molar-refractivity contribution is 4.59. The zero-order valence-corrected chi connectivity index (χ0v) is 10.1. The van der Waals surface area contributed by atoms with Crippen molar-refractivity contribution < 1.29 is 0 Å². The van der Waals surface area contributed by atoms with Crippen molar-refractivity contribution in [3.05, 3.63) is 0 Å². The Morgan fingerprint density at radius 2 is 1.00 bits per heavy atom. The van der Waals surface area contributed by atoms with Gasteiger partial charge in [-0.15, -0.1) is 0 Å². The number of hydrogen-bond donors (Lipinski definition) is 2. The molecule has 1 rings (SSSR count). The first-order valence-electron chi connectivity index (χ1n) is 6.33. The average Bonchev–Trinajstić information content (AvgIpc) is 2.28. The predicted octanol–water partition coefficient (Wildman–Crippen LogP) is 2.55. The second-order valence-electron chi connectivity index (χ2n) is 3.91. The standard InChI is InChI=1S/C8H18.C4H10N2/c1-3-5-7-8-6-4-2;1-2-6-4-3-5-1/h3-8H2,1-2H3;5-6H,1-4H2. The monoisotopic (exact) mass is 200 g/mol. The van der Waals surface area contributed by atoms with E-state index in [2.05, 4.69) is 24.5 Å². The van der Waals surface area contributed by atoms with Crippen LogP contribution >= 0.6 is 0 Å². The lowest BCUT2D eigenvalue weighted by molar-refractivity contribution is 0.534. The second-order valence-corrected chi connectivity index (χ2v) is 3.91. The van der Waals surface area contributed by atoms with Crippen molar-refractivity contribution >= 4 is 0 Å². The van der Waals surface area contributed by atoms with Gasteiger partial charge >= 0.3 is 0 Å². The minimum Gasteiger partial charge on any atom is -0.314 e. The van der Waals surface area contributed by atoms with Crippen LogP contribution in [0.2, 0.25) is 0 Å². The van der Waals surface area contributed by atoms with Crippen molar-refractivity contribution in [2.24, 2.45) is 0 Å². The quantitative estimate of drug-likeness (QED) is 0.666. The van der Waals surface area contributed by atoms with Gasteiger partial charge < -0.3 is 10.6 Å². The lowest BCUT2D eigenvalue weighted by Gasteiger charge is -2.11. The first-order valence-corrected chi connectivity index (χ1v) is 6.33. The molecule has 86 valence electrons. The van der Waals surface area contributed by atoms with Crippen molar-refractivity contribution in [2.45, 2.75) is 52.4 Å². The summed E-state index contributed by atoms with van der Waals surface area (Å²) in [6.45, 7) is 9.07. The van der Waals surface area contributed by atoms with E-state index in [9.17, 15) is 0 Å². The van der Waals surface area contributed by atoms with Crippen LogP contribution in [-0.2, 0) is 0 Å². The molecule has 2 heteroatoms. The molecule has 0 aliphatic carbocycles. The van der Waals surface area contributed by atoms with Crippen LogP contribution in [-0.4, -0.2) is 26.2 Å². The van der Waals surface area contributed by atoms with Crippen molar-refractivity contribution in [1.29, 1.82) is 0 Å². The van der Waals surface area contributed by atoms with Gasteiger partial charge in [-0.2, -0.15) is 0 Å². The van der Waals surface area contributed by atoms with E-state index in [-0.39, 0.29) is 0 Å². The Morgan fingerprint density at radius 3 is 1.21 bits per heavy atom. The summed E-state index contributed by atoms with van der Waals surface area (Å²) in [5, 5.41) is 6.44. The smallest absolute Gasteiger partial charge is 0.00772 e. The Hall–Kier alpha value is -0.0800. The number of rotatable bonds is 5. The zero-order valence-electron chi connectivity index (χ0n) is 10.1. The molecule has 0 bridgehead atoms. The van der Waals surface area contributed by atoms with Crippen LogP contribution in [0.4, 0.5) is 0 Å². The summed E-state index contributed by atoms with van der Waals surface area (Å²) in [4.78, 5) is 0. The molecule has 0 atom stereocenters. The summed E-state index contributed by atoms with van der Waals surface area (Å²) in [5.74, 6) is 0. The van der Waals surface area contributed by atoms with Crippen LogP contribution in [0.25, 0.3) is 0 Å². The first kappa shape index (κ1) is 13.9. The highest BCUT2D eigenvalue weighted by atomic mass is 15.0. The molecular weight excluding hydrogens is 172 g/mol. The third-order valence-electron chi connectivity index (χ3n) is 2.41. The molecule has 1 aliphatic heterocycles. The first-order chi connectivity index (χ1) is 6.91. The fourth-order valence-corrected chi connectivity index (χ4v) is 1.46. The maximum atomic E-state index is 3.22. The minimum absolute atomic E-state index is 1.14. The Kier molecular flexibility index (Phi) is 12.8. The number of unbranched alkanes of at least 4 members (excludes halogenated alkanes) is 5. The Labute approximate surface area is 89.9 Å². The minimum atomic E-state index is 1.14. The van der Waals surface area contributed by atoms with E-state index >= 15 is 0 Å². The van der Waals surface area contributed by atoms with Crippen LogP contribution < -0.4 is 10.6 Å². The molecule has 14 heavy (non-hydrogen) atoms. The van der Waals surface area contributed by atoms with Crippen LogP contribution in [0, 0.1) is 0 Å². The van der Waals surface area contributed by atoms with Gasteiger partial charge in [-0.3, -0.25) is 0 Å². The van der Waals surface area contributed by atoms with Gasteiger partial charge in [0.15, 0.2) is 0 Å². The largest absolute Gasteiger partial charge is 0.314 e.